The molecule has 0 bridgehead atoms. The Labute approximate surface area is 234 Å². The van der Waals surface area contributed by atoms with Gasteiger partial charge in [0, 0.05) is 27.0 Å². The van der Waals surface area contributed by atoms with Gasteiger partial charge in [-0.2, -0.15) is 0 Å². The number of anilines is 1. The second-order valence-electron chi connectivity index (χ2n) is 10.5. The van der Waals surface area contributed by atoms with E-state index in [1.54, 1.807) is 43.4 Å². The molecule has 8 nitrogen and oxygen atoms in total. The van der Waals surface area contributed by atoms with Gasteiger partial charge in [0.1, 0.15) is 11.2 Å². The van der Waals surface area contributed by atoms with Crippen LogP contribution in [0.25, 0.3) is 0 Å². The zero-order valence-corrected chi connectivity index (χ0v) is 23.7. The van der Waals surface area contributed by atoms with Crippen molar-refractivity contribution in [3.63, 3.8) is 0 Å². The van der Waals surface area contributed by atoms with Crippen molar-refractivity contribution in [1.82, 2.24) is 4.90 Å². The Morgan fingerprint density at radius 2 is 1.60 bits per heavy atom. The third-order valence-electron chi connectivity index (χ3n) is 8.35. The summed E-state index contributed by atoms with van der Waals surface area (Å²) in [6.07, 6.45) is -1.37. The summed E-state index contributed by atoms with van der Waals surface area (Å²) in [5.74, 6) is -1.81. The van der Waals surface area contributed by atoms with Crippen LogP contribution in [0.1, 0.15) is 42.5 Å². The number of amides is 1. The number of aryl methyl sites for hydroxylation is 1. The molecule has 4 atom stereocenters. The fourth-order valence-electron chi connectivity index (χ4n) is 6.12. The first-order valence-electron chi connectivity index (χ1n) is 13.2. The molecule has 1 aliphatic heterocycles. The summed E-state index contributed by atoms with van der Waals surface area (Å²) in [7, 11) is -1.28. The average Bonchev–Trinajstić information content (AvgIpc) is 3.27. The molecule has 0 radical (unpaired) electrons. The highest BCUT2D eigenvalue weighted by Crippen LogP contribution is 2.55. The second kappa shape index (κ2) is 10.3. The fraction of sp³-hybridized carbons (Fsp3) is 0.323. The van der Waals surface area contributed by atoms with Crippen molar-refractivity contribution in [3.05, 3.63) is 95.6 Å². The lowest BCUT2D eigenvalue weighted by Crippen LogP contribution is -2.64. The van der Waals surface area contributed by atoms with Crippen LogP contribution in [0, 0.1) is 6.92 Å². The first kappa shape index (κ1) is 27.7. The first-order chi connectivity index (χ1) is 19.0. The van der Waals surface area contributed by atoms with Gasteiger partial charge in [0.2, 0.25) is 5.78 Å². The molecule has 1 heterocycles. The largest absolute Gasteiger partial charge is 0.379 e. The predicted octanol–water partition coefficient (Wildman–Crippen LogP) is 3.98. The van der Waals surface area contributed by atoms with E-state index in [1.807, 2.05) is 44.2 Å². The highest BCUT2D eigenvalue weighted by Gasteiger charge is 2.67. The Kier molecular flexibility index (Phi) is 7.14. The van der Waals surface area contributed by atoms with Gasteiger partial charge in [-0.05, 0) is 43.2 Å². The molecule has 3 aromatic rings. The molecule has 1 aliphatic carbocycles. The Hall–Kier alpha value is -3.82. The molecule has 208 valence electrons. The topological polar surface area (TPSA) is 101 Å². The van der Waals surface area contributed by atoms with Crippen LogP contribution in [0.2, 0.25) is 0 Å². The van der Waals surface area contributed by atoms with E-state index >= 15 is 0 Å². The molecule has 2 aliphatic rings. The van der Waals surface area contributed by atoms with Gasteiger partial charge >= 0.3 is 0 Å². The summed E-state index contributed by atoms with van der Waals surface area (Å²) in [5, 5.41) is 0. The number of carbonyl (C=O) groups excluding carboxylic acids is 3. The van der Waals surface area contributed by atoms with E-state index in [0.29, 0.717) is 5.56 Å². The van der Waals surface area contributed by atoms with Crippen LogP contribution in [0.4, 0.5) is 5.69 Å². The van der Waals surface area contributed by atoms with E-state index in [1.165, 1.54) is 28.4 Å². The third kappa shape index (κ3) is 4.15. The van der Waals surface area contributed by atoms with Crippen molar-refractivity contribution in [2.24, 2.45) is 0 Å². The van der Waals surface area contributed by atoms with E-state index in [4.69, 9.17) is 4.74 Å². The van der Waals surface area contributed by atoms with Crippen molar-refractivity contribution < 1.29 is 27.5 Å². The summed E-state index contributed by atoms with van der Waals surface area (Å²) in [6.45, 7) is 3.68. The number of Topliss-reactive ketones (excluding diaryl/α,β-unsaturated/α-hetero) is 2. The molecule has 1 saturated carbocycles. The van der Waals surface area contributed by atoms with Gasteiger partial charge in [-0.15, -0.1) is 0 Å². The maximum atomic E-state index is 14.6. The number of hydrogen-bond donors (Lipinski definition) is 0. The van der Waals surface area contributed by atoms with Gasteiger partial charge in [-0.25, -0.2) is 8.42 Å². The number of nitrogens with zero attached hydrogens (tertiary/aromatic N) is 2. The minimum Gasteiger partial charge on any atom is -0.379 e. The molecular weight excluding hydrogens is 528 g/mol. The SMILES string of the molecule is COC1CC(=O)C[C@@H]2N(S(=O)(=O)c3ccc(C)cc3)c3ccccc3[C@]12C(=O)C(=O)N(C)[C@H](C)c1ccccc1. The quantitative estimate of drug-likeness (QED) is 0.405. The van der Waals surface area contributed by atoms with Crippen molar-refractivity contribution in [2.75, 3.05) is 18.5 Å². The summed E-state index contributed by atoms with van der Waals surface area (Å²) < 4.78 is 35.3. The summed E-state index contributed by atoms with van der Waals surface area (Å²) in [6, 6.07) is 20.8. The van der Waals surface area contributed by atoms with E-state index in [0.717, 1.165) is 11.1 Å². The Bertz CT molecular complexity index is 1570. The molecule has 0 aromatic heterocycles. The molecular formula is C31H32N2O6S. The molecule has 0 saturated heterocycles. The number of benzene rings is 3. The molecule has 0 N–H and O–H groups in total. The van der Waals surface area contributed by atoms with Crippen LogP contribution in [0.3, 0.4) is 0 Å². The monoisotopic (exact) mass is 560 g/mol. The summed E-state index contributed by atoms with van der Waals surface area (Å²) >= 11 is 0. The number of rotatable bonds is 7. The molecule has 3 aromatic carbocycles. The molecule has 1 amide bonds. The maximum Gasteiger partial charge on any atom is 0.291 e. The molecule has 1 fully saturated rings. The number of para-hydroxylation sites is 1. The average molecular weight is 561 g/mol. The van der Waals surface area contributed by atoms with Gasteiger partial charge in [0.15, 0.2) is 0 Å². The predicted molar refractivity (Wildman–Crippen MR) is 150 cm³/mol. The van der Waals surface area contributed by atoms with Crippen LogP contribution in [0.5, 0.6) is 0 Å². The Balaban J connectivity index is 1.68. The highest BCUT2D eigenvalue weighted by atomic mass is 32.2. The van der Waals surface area contributed by atoms with Crippen LogP contribution >= 0.6 is 0 Å². The van der Waals surface area contributed by atoms with Gasteiger partial charge in [-0.3, -0.25) is 18.7 Å². The van der Waals surface area contributed by atoms with Crippen molar-refractivity contribution >= 4 is 33.2 Å². The Morgan fingerprint density at radius 1 is 0.975 bits per heavy atom. The number of fused-ring (bicyclic) bond motifs is 3. The van der Waals surface area contributed by atoms with Gasteiger partial charge in [0.25, 0.3) is 15.9 Å². The number of methoxy groups -OCH3 is 1. The smallest absolute Gasteiger partial charge is 0.291 e. The number of likely N-dealkylation sites (N-methyl/N-ethyl adjacent to an activating group) is 1. The zero-order chi connectivity index (χ0) is 28.8. The normalized spacial score (nSPS) is 22.8. The van der Waals surface area contributed by atoms with Crippen molar-refractivity contribution in [2.45, 2.75) is 55.2 Å². The van der Waals surface area contributed by atoms with E-state index in [-0.39, 0.29) is 29.2 Å². The second-order valence-corrected chi connectivity index (χ2v) is 12.3. The maximum absolute atomic E-state index is 14.6. The summed E-state index contributed by atoms with van der Waals surface area (Å²) in [4.78, 5) is 43.0. The minimum atomic E-state index is -4.22. The number of carbonyl (C=O) groups is 3. The first-order valence-corrected chi connectivity index (χ1v) is 14.6. The lowest BCUT2D eigenvalue weighted by Gasteiger charge is -2.45. The molecule has 40 heavy (non-hydrogen) atoms. The lowest BCUT2D eigenvalue weighted by atomic mass is 9.63. The van der Waals surface area contributed by atoms with Gasteiger partial charge in [0.05, 0.1) is 28.8 Å². The number of ketones is 2. The molecule has 9 heteroatoms. The number of sulfonamides is 1. The van der Waals surface area contributed by atoms with E-state index in [9.17, 15) is 22.8 Å². The van der Waals surface area contributed by atoms with Gasteiger partial charge in [-0.1, -0.05) is 66.2 Å². The number of hydrogen-bond acceptors (Lipinski definition) is 6. The minimum absolute atomic E-state index is 0.0317. The molecule has 5 rings (SSSR count). The standard InChI is InChI=1S/C31H32N2O6S/c1-20-14-16-24(17-15-20)40(37,38)33-26-13-9-8-12-25(26)31(27(33)18-23(34)19-28(31)39-4)29(35)30(36)32(3)21(2)22-10-6-5-7-11-22/h5-17,21,27-28H,18-19H2,1-4H3/t21-,27+,28?,31-/m1/s1. The summed E-state index contributed by atoms with van der Waals surface area (Å²) in [5.41, 5.74) is 0.661. The van der Waals surface area contributed by atoms with E-state index < -0.39 is 45.3 Å². The van der Waals surface area contributed by atoms with Crippen molar-refractivity contribution in [3.8, 4) is 0 Å². The van der Waals surface area contributed by atoms with Gasteiger partial charge < -0.3 is 9.64 Å². The van der Waals surface area contributed by atoms with Crippen LogP contribution in [-0.2, 0) is 34.6 Å². The fourth-order valence-corrected chi connectivity index (χ4v) is 7.83. The van der Waals surface area contributed by atoms with Crippen LogP contribution < -0.4 is 4.31 Å². The van der Waals surface area contributed by atoms with Crippen molar-refractivity contribution in [1.29, 1.82) is 0 Å². The van der Waals surface area contributed by atoms with Crippen LogP contribution in [0.15, 0.2) is 83.8 Å². The highest BCUT2D eigenvalue weighted by molar-refractivity contribution is 7.93. The zero-order valence-electron chi connectivity index (χ0n) is 22.9. The van der Waals surface area contributed by atoms with Crippen LogP contribution in [-0.4, -0.2) is 57.1 Å². The molecule has 1 unspecified atom stereocenters. The van der Waals surface area contributed by atoms with E-state index in [2.05, 4.69) is 0 Å². The third-order valence-corrected chi connectivity index (χ3v) is 10.2. The lowest BCUT2D eigenvalue weighted by molar-refractivity contribution is -0.154. The molecule has 0 spiro atoms. The number of ether oxygens (including phenoxy) is 1. The Morgan fingerprint density at radius 3 is 2.25 bits per heavy atom.